The standard InChI is InChI=1S/C28H25BrF2N2O4S/c29-22-10-5-16(12-23(22)31)2-1-11-33(38(35)36)24-15-25-21(14-20(24)18-6-7-18)27(28(32)34)26(37-25)13-17-3-8-19(30)9-4-17/h3-5,8-10,12,14-15,18H,1-2,6-7,11,13H2,(H2,32,34)(H,35,36). The average molecular weight is 603 g/mol. The van der Waals surface area contributed by atoms with Gasteiger partial charge in [-0.1, -0.05) is 18.2 Å². The summed E-state index contributed by atoms with van der Waals surface area (Å²) in [5.41, 5.74) is 9.32. The van der Waals surface area contributed by atoms with Gasteiger partial charge in [0.05, 0.1) is 15.7 Å². The van der Waals surface area contributed by atoms with Gasteiger partial charge in [-0.15, -0.1) is 0 Å². The molecule has 38 heavy (non-hydrogen) atoms. The van der Waals surface area contributed by atoms with Crippen LogP contribution in [0, 0.1) is 11.6 Å². The maximum absolute atomic E-state index is 13.9. The highest BCUT2D eigenvalue weighted by molar-refractivity contribution is 9.10. The van der Waals surface area contributed by atoms with E-state index in [1.165, 1.54) is 22.5 Å². The molecule has 1 atom stereocenters. The normalized spacial score (nSPS) is 14.1. The third-order valence-corrected chi connectivity index (χ3v) is 8.12. The largest absolute Gasteiger partial charge is 0.460 e. The van der Waals surface area contributed by atoms with Crippen LogP contribution >= 0.6 is 15.9 Å². The number of halogens is 3. The second kappa shape index (κ2) is 11.0. The number of amides is 1. The molecule has 0 radical (unpaired) electrons. The first-order chi connectivity index (χ1) is 18.2. The van der Waals surface area contributed by atoms with E-state index >= 15 is 0 Å². The third kappa shape index (κ3) is 5.67. The van der Waals surface area contributed by atoms with Gasteiger partial charge in [0, 0.05) is 24.4 Å². The van der Waals surface area contributed by atoms with E-state index in [0.717, 1.165) is 29.5 Å². The van der Waals surface area contributed by atoms with Crippen LogP contribution in [-0.4, -0.2) is 21.2 Å². The van der Waals surface area contributed by atoms with Crippen LogP contribution in [0.15, 0.2) is 63.5 Å². The highest BCUT2D eigenvalue weighted by Crippen LogP contribution is 2.47. The van der Waals surface area contributed by atoms with Crippen molar-refractivity contribution in [2.24, 2.45) is 5.73 Å². The Hall–Kier alpha value is -3.08. The lowest BCUT2D eigenvalue weighted by Crippen LogP contribution is -2.27. The van der Waals surface area contributed by atoms with Crippen molar-refractivity contribution in [2.75, 3.05) is 10.8 Å². The molecule has 1 aliphatic rings. The maximum Gasteiger partial charge on any atom is 0.261 e. The van der Waals surface area contributed by atoms with Crippen molar-refractivity contribution in [2.45, 2.75) is 38.0 Å². The lowest BCUT2D eigenvalue weighted by Gasteiger charge is -2.23. The molecule has 5 rings (SSSR count). The molecule has 10 heteroatoms. The van der Waals surface area contributed by atoms with E-state index in [4.69, 9.17) is 10.2 Å². The van der Waals surface area contributed by atoms with Crippen LogP contribution in [0.5, 0.6) is 0 Å². The predicted octanol–water partition coefficient (Wildman–Crippen LogP) is 6.62. The molecule has 0 aliphatic heterocycles. The first-order valence-corrected chi connectivity index (χ1v) is 14.0. The maximum atomic E-state index is 13.9. The Kier molecular flexibility index (Phi) is 7.65. The summed E-state index contributed by atoms with van der Waals surface area (Å²) >= 11 is 0.825. The number of carbonyl (C=O) groups excluding carboxylic acids is 1. The number of benzene rings is 3. The Morgan fingerprint density at radius 3 is 2.45 bits per heavy atom. The van der Waals surface area contributed by atoms with Gasteiger partial charge >= 0.3 is 0 Å². The van der Waals surface area contributed by atoms with Crippen molar-refractivity contribution in [1.29, 1.82) is 0 Å². The Balaban J connectivity index is 1.49. The van der Waals surface area contributed by atoms with Crippen LogP contribution in [0.25, 0.3) is 11.0 Å². The van der Waals surface area contributed by atoms with Gasteiger partial charge in [-0.3, -0.25) is 13.7 Å². The fourth-order valence-corrected chi connectivity index (χ4v) is 5.58. The third-order valence-electron chi connectivity index (χ3n) is 6.72. The molecule has 1 saturated carbocycles. The number of fused-ring (bicyclic) bond motifs is 1. The molecule has 1 heterocycles. The number of primary amides is 1. The Labute approximate surface area is 229 Å². The van der Waals surface area contributed by atoms with E-state index in [-0.39, 0.29) is 36.1 Å². The molecule has 1 amide bonds. The monoisotopic (exact) mass is 602 g/mol. The number of hydrogen-bond donors (Lipinski definition) is 2. The SMILES string of the molecule is NC(=O)c1c(Cc2ccc(F)cc2)oc2cc(N(CCCc3ccc(Br)c(F)c3)S(=O)O)c(C3CC3)cc12. The first-order valence-electron chi connectivity index (χ1n) is 12.2. The minimum Gasteiger partial charge on any atom is -0.460 e. The summed E-state index contributed by atoms with van der Waals surface area (Å²) in [6, 6.07) is 14.3. The van der Waals surface area contributed by atoms with Crippen molar-refractivity contribution in [3.8, 4) is 0 Å². The zero-order valence-electron chi connectivity index (χ0n) is 20.3. The molecular weight excluding hydrogens is 578 g/mol. The molecule has 198 valence electrons. The molecule has 0 spiro atoms. The Bertz CT molecular complexity index is 1540. The minimum atomic E-state index is -2.32. The molecular formula is C28H25BrF2N2O4S. The van der Waals surface area contributed by atoms with Crippen LogP contribution < -0.4 is 10.0 Å². The quantitative estimate of drug-likeness (QED) is 0.199. The highest BCUT2D eigenvalue weighted by atomic mass is 79.9. The van der Waals surface area contributed by atoms with Crippen LogP contribution in [0.2, 0.25) is 0 Å². The number of anilines is 1. The number of nitrogens with two attached hydrogens (primary N) is 1. The topological polar surface area (TPSA) is 96.8 Å². The van der Waals surface area contributed by atoms with Gasteiger partial charge in [0.25, 0.3) is 17.2 Å². The number of aryl methyl sites for hydroxylation is 1. The summed E-state index contributed by atoms with van der Waals surface area (Å²) < 4.78 is 57.8. The number of nitrogens with zero attached hydrogens (tertiary/aromatic N) is 1. The van der Waals surface area contributed by atoms with Gasteiger partial charge in [0.15, 0.2) is 0 Å². The molecule has 3 aromatic carbocycles. The van der Waals surface area contributed by atoms with Crippen molar-refractivity contribution in [1.82, 2.24) is 0 Å². The number of rotatable bonds is 10. The molecule has 1 aliphatic carbocycles. The first kappa shape index (κ1) is 26.5. The predicted molar refractivity (Wildman–Crippen MR) is 146 cm³/mol. The molecule has 6 nitrogen and oxygen atoms in total. The fraction of sp³-hybridized carbons (Fsp3) is 0.250. The summed E-state index contributed by atoms with van der Waals surface area (Å²) in [5.74, 6) is -0.815. The second-order valence-electron chi connectivity index (χ2n) is 9.43. The molecule has 4 aromatic rings. The van der Waals surface area contributed by atoms with E-state index in [1.54, 1.807) is 24.3 Å². The summed E-state index contributed by atoms with van der Waals surface area (Å²) in [7, 11) is 0. The summed E-state index contributed by atoms with van der Waals surface area (Å²) in [5, 5.41) is 0.550. The van der Waals surface area contributed by atoms with Crippen molar-refractivity contribution >= 4 is 49.8 Å². The lowest BCUT2D eigenvalue weighted by molar-refractivity contribution is 0.1000. The van der Waals surface area contributed by atoms with E-state index in [9.17, 15) is 22.3 Å². The molecule has 0 bridgehead atoms. The molecule has 1 fully saturated rings. The van der Waals surface area contributed by atoms with Gasteiger partial charge in [-0.2, -0.15) is 0 Å². The second-order valence-corrected chi connectivity index (χ2v) is 11.2. The Morgan fingerprint density at radius 2 is 1.82 bits per heavy atom. The zero-order chi connectivity index (χ0) is 27.0. The Morgan fingerprint density at radius 1 is 1.11 bits per heavy atom. The van der Waals surface area contributed by atoms with Crippen LogP contribution in [-0.2, 0) is 24.1 Å². The van der Waals surface area contributed by atoms with Gasteiger partial charge in [0.2, 0.25) is 0 Å². The summed E-state index contributed by atoms with van der Waals surface area (Å²) in [6.45, 7) is 0.248. The van der Waals surface area contributed by atoms with E-state index in [0.29, 0.717) is 39.7 Å². The van der Waals surface area contributed by atoms with Crippen LogP contribution in [0.4, 0.5) is 14.5 Å². The van der Waals surface area contributed by atoms with Gasteiger partial charge in [-0.05, 0) is 94.6 Å². The molecule has 1 aromatic heterocycles. The lowest BCUT2D eigenvalue weighted by atomic mass is 10.0. The highest BCUT2D eigenvalue weighted by Gasteiger charge is 2.31. The average Bonchev–Trinajstić information content (AvgIpc) is 3.65. The van der Waals surface area contributed by atoms with Crippen molar-refractivity contribution in [3.05, 3.63) is 98.7 Å². The van der Waals surface area contributed by atoms with Crippen molar-refractivity contribution < 1.29 is 26.8 Å². The van der Waals surface area contributed by atoms with Crippen LogP contribution in [0.1, 0.15) is 58.0 Å². The summed E-state index contributed by atoms with van der Waals surface area (Å²) in [4.78, 5) is 12.5. The van der Waals surface area contributed by atoms with Crippen molar-refractivity contribution in [3.63, 3.8) is 0 Å². The fourth-order valence-electron chi connectivity index (χ4n) is 4.72. The molecule has 0 saturated heterocycles. The molecule has 1 unspecified atom stereocenters. The number of carbonyl (C=O) groups is 1. The smallest absolute Gasteiger partial charge is 0.261 e. The van der Waals surface area contributed by atoms with Crippen LogP contribution in [0.3, 0.4) is 0 Å². The van der Waals surface area contributed by atoms with Gasteiger partial charge < -0.3 is 10.2 Å². The van der Waals surface area contributed by atoms with E-state index in [2.05, 4.69) is 15.9 Å². The number of hydrogen-bond acceptors (Lipinski definition) is 3. The van der Waals surface area contributed by atoms with E-state index < -0.39 is 17.2 Å². The zero-order valence-corrected chi connectivity index (χ0v) is 22.7. The number of furan rings is 1. The van der Waals surface area contributed by atoms with Gasteiger partial charge in [-0.25, -0.2) is 13.0 Å². The van der Waals surface area contributed by atoms with Gasteiger partial charge in [0.1, 0.15) is 23.0 Å². The summed E-state index contributed by atoms with van der Waals surface area (Å²) in [6.07, 6.45) is 3.12. The minimum absolute atomic E-state index is 0.192. The molecule has 3 N–H and O–H groups in total. The van der Waals surface area contributed by atoms with E-state index in [1.807, 2.05) is 12.1 Å².